The molecule has 0 saturated heterocycles. The predicted molar refractivity (Wildman–Crippen MR) is 92.1 cm³/mol. The fraction of sp³-hybridized carbons (Fsp3) is 0.733. The van der Waals surface area contributed by atoms with Crippen molar-refractivity contribution < 1.29 is 4.74 Å². The van der Waals surface area contributed by atoms with E-state index in [9.17, 15) is 0 Å². The molecule has 0 aromatic carbocycles. The Labute approximate surface area is 136 Å². The quantitative estimate of drug-likeness (QED) is 0.715. The molecule has 0 radical (unpaired) electrons. The molecule has 0 aliphatic rings. The molecule has 1 atom stereocenters. The van der Waals surface area contributed by atoms with Crippen LogP contribution in [0.15, 0.2) is 0 Å². The van der Waals surface area contributed by atoms with Gasteiger partial charge in [0.05, 0.1) is 9.26 Å². The lowest BCUT2D eigenvalue weighted by Crippen LogP contribution is -2.28. The molecule has 0 aliphatic carbocycles. The van der Waals surface area contributed by atoms with Gasteiger partial charge in [0.2, 0.25) is 0 Å². The van der Waals surface area contributed by atoms with Crippen LogP contribution in [0.3, 0.4) is 0 Å². The third-order valence-corrected chi connectivity index (χ3v) is 4.60. The molecule has 0 aliphatic heterocycles. The Morgan fingerprint density at radius 1 is 1.30 bits per heavy atom. The molecule has 0 fully saturated rings. The number of rotatable bonds is 7. The summed E-state index contributed by atoms with van der Waals surface area (Å²) in [6.45, 7) is 11.5. The van der Waals surface area contributed by atoms with Crippen molar-refractivity contribution in [1.82, 2.24) is 9.97 Å². The number of halogens is 1. The van der Waals surface area contributed by atoms with Gasteiger partial charge in [0.15, 0.2) is 5.82 Å². The molecule has 0 saturated carbocycles. The maximum absolute atomic E-state index is 5.65. The summed E-state index contributed by atoms with van der Waals surface area (Å²) in [7, 11) is 1.72. The van der Waals surface area contributed by atoms with E-state index < -0.39 is 5.60 Å². The van der Waals surface area contributed by atoms with E-state index in [-0.39, 0.29) is 0 Å². The number of ether oxygens (including phenoxy) is 1. The van der Waals surface area contributed by atoms with Gasteiger partial charge in [-0.1, -0.05) is 20.8 Å². The van der Waals surface area contributed by atoms with E-state index in [1.807, 2.05) is 6.92 Å². The molecule has 1 N–H and O–H groups in total. The molecule has 4 nitrogen and oxygen atoms in total. The van der Waals surface area contributed by atoms with Gasteiger partial charge in [0.1, 0.15) is 11.4 Å². The second-order valence-corrected chi connectivity index (χ2v) is 6.65. The Kier molecular flexibility index (Phi) is 6.64. The maximum atomic E-state index is 5.65. The molecular weight excluding hydrogens is 365 g/mol. The second kappa shape index (κ2) is 7.54. The Balaban J connectivity index is 3.35. The number of nitrogens with zero attached hydrogens (tertiary/aromatic N) is 2. The average Bonchev–Trinajstić information content (AvgIpc) is 2.41. The summed E-state index contributed by atoms with van der Waals surface area (Å²) in [4.78, 5) is 9.47. The van der Waals surface area contributed by atoms with Crippen LogP contribution in [0.4, 0.5) is 5.82 Å². The van der Waals surface area contributed by atoms with E-state index in [0.29, 0.717) is 5.92 Å². The van der Waals surface area contributed by atoms with Crippen molar-refractivity contribution in [2.75, 3.05) is 19.0 Å². The van der Waals surface area contributed by atoms with Crippen LogP contribution in [0.25, 0.3) is 0 Å². The van der Waals surface area contributed by atoms with Crippen LogP contribution in [-0.2, 0) is 16.8 Å². The highest BCUT2D eigenvalue weighted by Gasteiger charge is 2.29. The number of anilines is 1. The molecule has 1 heterocycles. The lowest BCUT2D eigenvalue weighted by Gasteiger charge is -2.26. The van der Waals surface area contributed by atoms with Gasteiger partial charge in [0.25, 0.3) is 0 Å². The molecule has 1 rings (SSSR count). The van der Waals surface area contributed by atoms with Crippen LogP contribution < -0.4 is 5.32 Å². The van der Waals surface area contributed by atoms with Gasteiger partial charge in [-0.2, -0.15) is 0 Å². The van der Waals surface area contributed by atoms with Gasteiger partial charge >= 0.3 is 0 Å². The standard InChI is InChI=1S/C15H26IN3O/c1-7-15(5,20-6)14-18-11(9-10(3)4)12(16)13(19-14)17-8-2/h10H,7-9H2,1-6H3,(H,17,18,19). The molecule has 0 spiro atoms. The van der Waals surface area contributed by atoms with Crippen molar-refractivity contribution in [2.45, 2.75) is 53.1 Å². The van der Waals surface area contributed by atoms with Gasteiger partial charge in [-0.3, -0.25) is 0 Å². The van der Waals surface area contributed by atoms with Crippen molar-refractivity contribution in [3.05, 3.63) is 15.1 Å². The maximum Gasteiger partial charge on any atom is 0.162 e. The Hall–Kier alpha value is -0.430. The molecule has 20 heavy (non-hydrogen) atoms. The smallest absolute Gasteiger partial charge is 0.162 e. The van der Waals surface area contributed by atoms with Gasteiger partial charge in [-0.25, -0.2) is 9.97 Å². The Morgan fingerprint density at radius 3 is 2.40 bits per heavy atom. The molecular formula is C15H26IN3O. The fourth-order valence-electron chi connectivity index (χ4n) is 1.93. The minimum atomic E-state index is -0.430. The van der Waals surface area contributed by atoms with E-state index in [1.54, 1.807) is 7.11 Å². The van der Waals surface area contributed by atoms with E-state index in [1.165, 1.54) is 0 Å². The first-order valence-corrected chi connectivity index (χ1v) is 8.31. The Bertz CT molecular complexity index is 445. The normalized spacial score (nSPS) is 14.4. The highest BCUT2D eigenvalue weighted by molar-refractivity contribution is 14.1. The second-order valence-electron chi connectivity index (χ2n) is 5.57. The van der Waals surface area contributed by atoms with Gasteiger partial charge in [-0.15, -0.1) is 0 Å². The van der Waals surface area contributed by atoms with Crippen molar-refractivity contribution in [1.29, 1.82) is 0 Å². The van der Waals surface area contributed by atoms with Crippen LogP contribution in [0.1, 0.15) is 52.6 Å². The van der Waals surface area contributed by atoms with Crippen molar-refractivity contribution in [3.8, 4) is 0 Å². The lowest BCUT2D eigenvalue weighted by atomic mass is 10.0. The minimum Gasteiger partial charge on any atom is -0.371 e. The third-order valence-electron chi connectivity index (χ3n) is 3.46. The molecule has 0 amide bonds. The first kappa shape index (κ1) is 17.6. The van der Waals surface area contributed by atoms with Crippen LogP contribution >= 0.6 is 22.6 Å². The molecule has 0 bridgehead atoms. The first-order valence-electron chi connectivity index (χ1n) is 7.23. The number of hydrogen-bond acceptors (Lipinski definition) is 4. The summed E-state index contributed by atoms with van der Waals surface area (Å²) in [6.07, 6.45) is 1.80. The summed E-state index contributed by atoms with van der Waals surface area (Å²) < 4.78 is 6.77. The van der Waals surface area contributed by atoms with Crippen molar-refractivity contribution in [3.63, 3.8) is 0 Å². The van der Waals surface area contributed by atoms with Crippen molar-refractivity contribution in [2.24, 2.45) is 5.92 Å². The molecule has 1 aromatic heterocycles. The fourth-order valence-corrected chi connectivity index (χ4v) is 2.58. The first-order chi connectivity index (χ1) is 9.37. The van der Waals surface area contributed by atoms with Crippen LogP contribution in [-0.4, -0.2) is 23.6 Å². The van der Waals surface area contributed by atoms with Gasteiger partial charge < -0.3 is 10.1 Å². The van der Waals surface area contributed by atoms with Crippen molar-refractivity contribution >= 4 is 28.4 Å². The largest absolute Gasteiger partial charge is 0.371 e. The zero-order chi connectivity index (χ0) is 15.3. The molecule has 114 valence electrons. The summed E-state index contributed by atoms with van der Waals surface area (Å²) in [6, 6.07) is 0. The number of aromatic nitrogens is 2. The number of hydrogen-bond donors (Lipinski definition) is 1. The van der Waals surface area contributed by atoms with Gasteiger partial charge in [-0.05, 0) is 55.2 Å². The monoisotopic (exact) mass is 391 g/mol. The zero-order valence-corrected chi connectivity index (χ0v) is 15.5. The average molecular weight is 391 g/mol. The number of methoxy groups -OCH3 is 1. The highest BCUT2D eigenvalue weighted by atomic mass is 127. The SMILES string of the molecule is CCNc1nc(C(C)(CC)OC)nc(CC(C)C)c1I. The lowest BCUT2D eigenvalue weighted by molar-refractivity contribution is -0.00909. The summed E-state index contributed by atoms with van der Waals surface area (Å²) in [5.41, 5.74) is 0.679. The van der Waals surface area contributed by atoms with Crippen LogP contribution in [0.2, 0.25) is 0 Å². The zero-order valence-electron chi connectivity index (χ0n) is 13.4. The summed E-state index contributed by atoms with van der Waals surface area (Å²) in [5, 5.41) is 3.34. The van der Waals surface area contributed by atoms with Crippen LogP contribution in [0, 0.1) is 9.49 Å². The predicted octanol–water partition coefficient (Wildman–Crippen LogP) is 3.98. The summed E-state index contributed by atoms with van der Waals surface area (Å²) in [5.74, 6) is 2.26. The topological polar surface area (TPSA) is 47.0 Å². The van der Waals surface area contributed by atoms with E-state index >= 15 is 0 Å². The molecule has 5 heteroatoms. The third kappa shape index (κ3) is 4.04. The highest BCUT2D eigenvalue weighted by Crippen LogP contribution is 2.29. The Morgan fingerprint density at radius 2 is 1.95 bits per heavy atom. The summed E-state index contributed by atoms with van der Waals surface area (Å²) >= 11 is 2.34. The number of nitrogens with one attached hydrogen (secondary N) is 1. The van der Waals surface area contributed by atoms with E-state index in [4.69, 9.17) is 9.72 Å². The van der Waals surface area contributed by atoms with E-state index in [0.717, 1.165) is 40.3 Å². The minimum absolute atomic E-state index is 0.430. The molecule has 1 aromatic rings. The van der Waals surface area contributed by atoms with E-state index in [2.05, 4.69) is 60.6 Å². The van der Waals surface area contributed by atoms with Gasteiger partial charge in [0, 0.05) is 13.7 Å². The molecule has 1 unspecified atom stereocenters. The van der Waals surface area contributed by atoms with Crippen LogP contribution in [0.5, 0.6) is 0 Å².